The Morgan fingerprint density at radius 2 is 1.89 bits per heavy atom. The van der Waals surface area contributed by atoms with Crippen LogP contribution in [0.2, 0.25) is 0 Å². The van der Waals surface area contributed by atoms with Gasteiger partial charge in [-0.3, -0.25) is 4.79 Å². The fraction of sp³-hybridized carbons (Fsp3) is 0.579. The van der Waals surface area contributed by atoms with Crippen LogP contribution in [0.1, 0.15) is 50.4 Å². The van der Waals surface area contributed by atoms with Gasteiger partial charge < -0.3 is 10.4 Å². The molecule has 0 aromatic heterocycles. The Kier molecular flexibility index (Phi) is 7.00. The molecule has 0 aliphatic carbocycles. The molecule has 1 aromatic rings. The lowest BCUT2D eigenvalue weighted by molar-refractivity contribution is -0.139. The normalized spacial score (nSPS) is 19.6. The molecule has 27 heavy (non-hydrogen) atoms. The Labute approximate surface area is 160 Å². The first-order valence-electron chi connectivity index (χ1n) is 9.25. The molecular formula is C19H28N2O5S. The van der Waals surface area contributed by atoms with Gasteiger partial charge in [-0.2, -0.15) is 4.31 Å². The molecule has 2 rings (SSSR count). The van der Waals surface area contributed by atoms with Crippen LogP contribution in [0, 0.1) is 11.8 Å². The van der Waals surface area contributed by atoms with E-state index in [2.05, 4.69) is 5.32 Å². The van der Waals surface area contributed by atoms with Gasteiger partial charge in [-0.25, -0.2) is 13.2 Å². The Hall–Kier alpha value is -1.93. The highest BCUT2D eigenvalue weighted by Gasteiger charge is 2.29. The Bertz CT molecular complexity index is 774. The summed E-state index contributed by atoms with van der Waals surface area (Å²) in [5.41, 5.74) is 0.232. The lowest BCUT2D eigenvalue weighted by Crippen LogP contribution is -2.41. The van der Waals surface area contributed by atoms with Crippen LogP contribution in [-0.4, -0.2) is 48.8 Å². The number of piperidine rings is 1. The predicted molar refractivity (Wildman–Crippen MR) is 102 cm³/mol. The predicted octanol–water partition coefficient (Wildman–Crippen LogP) is 2.34. The Morgan fingerprint density at radius 3 is 2.41 bits per heavy atom. The molecule has 0 radical (unpaired) electrons. The van der Waals surface area contributed by atoms with Crippen molar-refractivity contribution >= 4 is 21.9 Å². The van der Waals surface area contributed by atoms with Crippen molar-refractivity contribution in [1.82, 2.24) is 9.62 Å². The largest absolute Gasteiger partial charge is 0.480 e. The van der Waals surface area contributed by atoms with E-state index in [4.69, 9.17) is 0 Å². The van der Waals surface area contributed by atoms with Gasteiger partial charge in [-0.1, -0.05) is 20.8 Å². The Balaban J connectivity index is 2.11. The van der Waals surface area contributed by atoms with Gasteiger partial charge in [-0.05, 0) is 55.4 Å². The molecule has 0 saturated carbocycles. The highest BCUT2D eigenvalue weighted by Crippen LogP contribution is 2.23. The third kappa shape index (κ3) is 5.52. The van der Waals surface area contributed by atoms with E-state index in [-0.39, 0.29) is 16.4 Å². The summed E-state index contributed by atoms with van der Waals surface area (Å²) in [4.78, 5) is 23.7. The van der Waals surface area contributed by atoms with Crippen molar-refractivity contribution < 1.29 is 23.1 Å². The second-order valence-electron chi connectivity index (χ2n) is 7.63. The first kappa shape index (κ1) is 21.4. The van der Waals surface area contributed by atoms with Crippen LogP contribution < -0.4 is 5.32 Å². The number of hydrogen-bond acceptors (Lipinski definition) is 4. The van der Waals surface area contributed by atoms with E-state index < -0.39 is 27.9 Å². The average molecular weight is 397 g/mol. The number of amides is 1. The van der Waals surface area contributed by atoms with Gasteiger partial charge in [0, 0.05) is 18.7 Å². The molecule has 1 aromatic carbocycles. The fourth-order valence-corrected chi connectivity index (χ4v) is 4.82. The third-order valence-corrected chi connectivity index (χ3v) is 6.56. The first-order valence-corrected chi connectivity index (χ1v) is 10.7. The molecule has 0 spiro atoms. The summed E-state index contributed by atoms with van der Waals surface area (Å²) in [6.45, 7) is 6.79. The van der Waals surface area contributed by atoms with Gasteiger partial charge in [0.1, 0.15) is 6.04 Å². The van der Waals surface area contributed by atoms with Crippen LogP contribution in [0.4, 0.5) is 0 Å². The van der Waals surface area contributed by atoms with Crippen LogP contribution in [-0.2, 0) is 14.8 Å². The summed E-state index contributed by atoms with van der Waals surface area (Å²) in [7, 11) is -3.58. The van der Waals surface area contributed by atoms with Crippen molar-refractivity contribution in [1.29, 1.82) is 0 Å². The zero-order valence-electron chi connectivity index (χ0n) is 16.0. The van der Waals surface area contributed by atoms with Gasteiger partial charge in [0.2, 0.25) is 10.0 Å². The van der Waals surface area contributed by atoms with Crippen molar-refractivity contribution in [2.24, 2.45) is 11.8 Å². The number of carbonyl (C=O) groups is 2. The van der Waals surface area contributed by atoms with Gasteiger partial charge >= 0.3 is 5.97 Å². The van der Waals surface area contributed by atoms with Crippen LogP contribution in [0.5, 0.6) is 0 Å². The SMILES string of the molecule is CC(C)C[C@@H](NC(=O)c1ccc(S(=O)(=O)N2CCCC(C)C2)cc1)C(=O)O. The number of carboxylic acid groups (broad SMARTS) is 1. The van der Waals surface area contributed by atoms with Gasteiger partial charge in [-0.15, -0.1) is 0 Å². The topological polar surface area (TPSA) is 104 Å². The molecule has 1 fully saturated rings. The molecule has 8 heteroatoms. The minimum atomic E-state index is -3.58. The third-order valence-electron chi connectivity index (χ3n) is 4.68. The van der Waals surface area contributed by atoms with E-state index in [9.17, 15) is 23.1 Å². The second kappa shape index (κ2) is 8.84. The molecule has 1 heterocycles. The van der Waals surface area contributed by atoms with Gasteiger partial charge in [0.05, 0.1) is 4.90 Å². The highest BCUT2D eigenvalue weighted by atomic mass is 32.2. The molecule has 150 valence electrons. The maximum atomic E-state index is 12.7. The van der Waals surface area contributed by atoms with E-state index >= 15 is 0 Å². The molecule has 1 aliphatic heterocycles. The van der Waals surface area contributed by atoms with Crippen molar-refractivity contribution in [2.45, 2.75) is 51.0 Å². The smallest absolute Gasteiger partial charge is 0.326 e. The quantitative estimate of drug-likeness (QED) is 0.736. The maximum Gasteiger partial charge on any atom is 0.326 e. The molecule has 0 bridgehead atoms. The summed E-state index contributed by atoms with van der Waals surface area (Å²) in [6.07, 6.45) is 2.18. The molecule has 2 N–H and O–H groups in total. The van der Waals surface area contributed by atoms with Crippen LogP contribution in [0.15, 0.2) is 29.2 Å². The number of carbonyl (C=O) groups excluding carboxylic acids is 1. The monoisotopic (exact) mass is 396 g/mol. The molecular weight excluding hydrogens is 368 g/mol. The van der Waals surface area contributed by atoms with Crippen molar-refractivity contribution in [3.8, 4) is 0 Å². The summed E-state index contributed by atoms with van der Waals surface area (Å²) in [6, 6.07) is 4.67. The van der Waals surface area contributed by atoms with Crippen LogP contribution in [0.3, 0.4) is 0 Å². The van der Waals surface area contributed by atoms with Crippen molar-refractivity contribution in [3.63, 3.8) is 0 Å². The number of rotatable bonds is 7. The van der Waals surface area contributed by atoms with E-state index in [1.165, 1.54) is 28.6 Å². The number of carboxylic acids is 1. The highest BCUT2D eigenvalue weighted by molar-refractivity contribution is 7.89. The summed E-state index contributed by atoms with van der Waals surface area (Å²) in [5.74, 6) is -1.17. The standard InChI is InChI=1S/C19H28N2O5S/c1-13(2)11-17(19(23)24)20-18(22)15-6-8-16(9-7-15)27(25,26)21-10-4-5-14(3)12-21/h6-9,13-14,17H,4-5,10-12H2,1-3H3,(H,20,22)(H,23,24)/t14?,17-/m1/s1. The minimum absolute atomic E-state index is 0.117. The van der Waals surface area contributed by atoms with Crippen LogP contribution >= 0.6 is 0 Å². The van der Waals surface area contributed by atoms with Crippen molar-refractivity contribution in [2.75, 3.05) is 13.1 Å². The number of sulfonamides is 1. The van der Waals surface area contributed by atoms with Gasteiger partial charge in [0.25, 0.3) is 5.91 Å². The first-order chi connectivity index (χ1) is 12.6. The zero-order chi connectivity index (χ0) is 20.2. The van der Waals surface area contributed by atoms with Crippen molar-refractivity contribution in [3.05, 3.63) is 29.8 Å². The summed E-state index contributed by atoms with van der Waals surface area (Å²) in [5, 5.41) is 11.7. The molecule has 2 atom stereocenters. The number of nitrogens with one attached hydrogen (secondary N) is 1. The molecule has 1 amide bonds. The maximum absolute atomic E-state index is 12.7. The summed E-state index contributed by atoms with van der Waals surface area (Å²) >= 11 is 0. The molecule has 1 unspecified atom stereocenters. The van der Waals surface area contributed by atoms with E-state index in [1.807, 2.05) is 20.8 Å². The zero-order valence-corrected chi connectivity index (χ0v) is 16.8. The number of nitrogens with zero attached hydrogens (tertiary/aromatic N) is 1. The lowest BCUT2D eigenvalue weighted by atomic mass is 10.0. The number of benzene rings is 1. The van der Waals surface area contributed by atoms with Crippen LogP contribution in [0.25, 0.3) is 0 Å². The van der Waals surface area contributed by atoms with Gasteiger partial charge in [0.15, 0.2) is 0 Å². The summed E-state index contributed by atoms with van der Waals surface area (Å²) < 4.78 is 27.0. The fourth-order valence-electron chi connectivity index (χ4n) is 3.23. The molecule has 7 nitrogen and oxygen atoms in total. The van der Waals surface area contributed by atoms with E-state index in [0.717, 1.165) is 12.8 Å². The minimum Gasteiger partial charge on any atom is -0.480 e. The molecule has 1 aliphatic rings. The lowest BCUT2D eigenvalue weighted by Gasteiger charge is -2.30. The Morgan fingerprint density at radius 1 is 1.26 bits per heavy atom. The van der Waals surface area contributed by atoms with E-state index in [1.54, 1.807) is 0 Å². The molecule has 1 saturated heterocycles. The number of aliphatic carboxylic acids is 1. The number of hydrogen-bond donors (Lipinski definition) is 2. The second-order valence-corrected chi connectivity index (χ2v) is 9.57. The van der Waals surface area contributed by atoms with E-state index in [0.29, 0.717) is 25.4 Å². The average Bonchev–Trinajstić information content (AvgIpc) is 2.60.